The number of carbonyl (C=O) groups is 3. The molecule has 2 aromatic carbocycles. The van der Waals surface area contributed by atoms with E-state index >= 15 is 0 Å². The lowest BCUT2D eigenvalue weighted by atomic mass is 10.1. The molecular formula is C25H26N2O4. The van der Waals surface area contributed by atoms with Gasteiger partial charge in [-0.05, 0) is 63.1 Å². The van der Waals surface area contributed by atoms with Crippen LogP contribution in [-0.4, -0.2) is 28.8 Å². The summed E-state index contributed by atoms with van der Waals surface area (Å²) in [6.07, 6.45) is 0. The number of hydrogen-bond acceptors (Lipinski definition) is 4. The summed E-state index contributed by atoms with van der Waals surface area (Å²) in [6.45, 7) is 7.52. The summed E-state index contributed by atoms with van der Waals surface area (Å²) in [6, 6.07) is 16.5. The zero-order valence-electron chi connectivity index (χ0n) is 18.2. The van der Waals surface area contributed by atoms with Crippen LogP contribution in [0.2, 0.25) is 0 Å². The first-order valence-electron chi connectivity index (χ1n) is 10.2. The van der Waals surface area contributed by atoms with Gasteiger partial charge in [0.2, 0.25) is 0 Å². The van der Waals surface area contributed by atoms with Gasteiger partial charge in [-0.1, -0.05) is 30.3 Å². The van der Waals surface area contributed by atoms with E-state index in [1.807, 2.05) is 41.8 Å². The normalized spacial score (nSPS) is 10.6. The van der Waals surface area contributed by atoms with Gasteiger partial charge >= 0.3 is 5.97 Å². The van der Waals surface area contributed by atoms with Crippen LogP contribution in [0, 0.1) is 13.8 Å². The molecule has 0 radical (unpaired) electrons. The summed E-state index contributed by atoms with van der Waals surface area (Å²) in [5, 5.41) is 2.87. The number of anilines is 1. The van der Waals surface area contributed by atoms with Crippen LogP contribution >= 0.6 is 0 Å². The highest BCUT2D eigenvalue weighted by Gasteiger charge is 2.27. The van der Waals surface area contributed by atoms with E-state index in [0.29, 0.717) is 40.3 Å². The summed E-state index contributed by atoms with van der Waals surface area (Å²) >= 11 is 0. The topological polar surface area (TPSA) is 77.4 Å². The fourth-order valence-corrected chi connectivity index (χ4v) is 3.64. The summed E-state index contributed by atoms with van der Waals surface area (Å²) < 4.78 is 7.10. The third kappa shape index (κ3) is 4.74. The first-order chi connectivity index (χ1) is 14.8. The van der Waals surface area contributed by atoms with E-state index < -0.39 is 5.97 Å². The summed E-state index contributed by atoms with van der Waals surface area (Å²) in [5.41, 5.74) is 4.23. The molecule has 0 atom stereocenters. The standard InChI is InChI=1S/C25H26N2O4/c1-5-31-25(30)23-16(2)22(17(3)27(23)15-19-9-7-6-8-10-19)24(29)26-21-13-11-20(12-14-21)18(4)28/h6-14H,5,15H2,1-4H3,(H,26,29). The molecule has 31 heavy (non-hydrogen) atoms. The van der Waals surface area contributed by atoms with E-state index in [4.69, 9.17) is 4.74 Å². The molecule has 0 aliphatic heterocycles. The SMILES string of the molecule is CCOC(=O)c1c(C)c(C(=O)Nc2ccc(C(C)=O)cc2)c(C)n1Cc1ccccc1. The number of Topliss-reactive ketones (excluding diaryl/α,β-unsaturated/α-hetero) is 1. The van der Waals surface area contributed by atoms with Gasteiger partial charge in [0.15, 0.2) is 5.78 Å². The Bertz CT molecular complexity index is 1110. The van der Waals surface area contributed by atoms with Gasteiger partial charge in [0.05, 0.1) is 12.2 Å². The predicted octanol–water partition coefficient (Wildman–Crippen LogP) is 4.78. The molecule has 0 bridgehead atoms. The molecule has 6 nitrogen and oxygen atoms in total. The Balaban J connectivity index is 1.99. The van der Waals surface area contributed by atoms with Crippen molar-refractivity contribution in [2.24, 2.45) is 0 Å². The Kier molecular flexibility index (Phi) is 6.70. The minimum atomic E-state index is -0.455. The number of ether oxygens (including phenoxy) is 1. The van der Waals surface area contributed by atoms with Gasteiger partial charge in [-0.25, -0.2) is 4.79 Å². The van der Waals surface area contributed by atoms with Crippen LogP contribution in [0.15, 0.2) is 54.6 Å². The molecule has 0 unspecified atom stereocenters. The molecule has 0 saturated carbocycles. The van der Waals surface area contributed by atoms with E-state index in [-0.39, 0.29) is 18.3 Å². The number of hydrogen-bond donors (Lipinski definition) is 1. The molecule has 1 aromatic heterocycles. The maximum absolute atomic E-state index is 13.1. The highest BCUT2D eigenvalue weighted by atomic mass is 16.5. The number of ketones is 1. The zero-order chi connectivity index (χ0) is 22.5. The molecule has 1 heterocycles. The maximum Gasteiger partial charge on any atom is 0.355 e. The highest BCUT2D eigenvalue weighted by molar-refractivity contribution is 6.08. The minimum absolute atomic E-state index is 0.0402. The molecule has 1 amide bonds. The molecule has 0 aliphatic carbocycles. The van der Waals surface area contributed by atoms with Gasteiger partial charge in [0.1, 0.15) is 5.69 Å². The van der Waals surface area contributed by atoms with E-state index in [1.165, 1.54) is 6.92 Å². The van der Waals surface area contributed by atoms with Crippen molar-refractivity contribution in [3.63, 3.8) is 0 Å². The first kappa shape index (κ1) is 22.0. The third-order valence-corrected chi connectivity index (χ3v) is 5.20. The monoisotopic (exact) mass is 418 g/mol. The Hall–Kier alpha value is -3.67. The minimum Gasteiger partial charge on any atom is -0.461 e. The van der Waals surface area contributed by atoms with Crippen LogP contribution in [0.25, 0.3) is 0 Å². The summed E-state index contributed by atoms with van der Waals surface area (Å²) in [7, 11) is 0. The maximum atomic E-state index is 13.1. The molecule has 160 valence electrons. The zero-order valence-corrected chi connectivity index (χ0v) is 18.2. The van der Waals surface area contributed by atoms with Gasteiger partial charge in [-0.3, -0.25) is 9.59 Å². The van der Waals surface area contributed by atoms with Crippen LogP contribution in [0.4, 0.5) is 5.69 Å². The molecule has 0 aliphatic rings. The molecule has 3 rings (SSSR count). The van der Waals surface area contributed by atoms with Gasteiger partial charge in [0, 0.05) is 23.5 Å². The van der Waals surface area contributed by atoms with Crippen molar-refractivity contribution in [3.05, 3.63) is 88.2 Å². The van der Waals surface area contributed by atoms with Crippen LogP contribution in [0.3, 0.4) is 0 Å². The molecule has 6 heteroatoms. The van der Waals surface area contributed by atoms with Crippen molar-refractivity contribution in [2.75, 3.05) is 11.9 Å². The largest absolute Gasteiger partial charge is 0.461 e. The number of nitrogens with one attached hydrogen (secondary N) is 1. The van der Waals surface area contributed by atoms with Crippen molar-refractivity contribution >= 4 is 23.3 Å². The van der Waals surface area contributed by atoms with Crippen molar-refractivity contribution in [2.45, 2.75) is 34.2 Å². The summed E-state index contributed by atoms with van der Waals surface area (Å²) in [4.78, 5) is 37.3. The number of benzene rings is 2. The van der Waals surface area contributed by atoms with Crippen molar-refractivity contribution in [3.8, 4) is 0 Å². The Morgan fingerprint density at radius 2 is 1.61 bits per heavy atom. The van der Waals surface area contributed by atoms with Gasteiger partial charge < -0.3 is 14.6 Å². The van der Waals surface area contributed by atoms with Crippen LogP contribution in [0.5, 0.6) is 0 Å². The lowest BCUT2D eigenvalue weighted by molar-refractivity contribution is 0.0513. The van der Waals surface area contributed by atoms with Gasteiger partial charge in [-0.2, -0.15) is 0 Å². The van der Waals surface area contributed by atoms with Gasteiger partial charge in [0.25, 0.3) is 5.91 Å². The average molecular weight is 418 g/mol. The second-order valence-corrected chi connectivity index (χ2v) is 7.31. The fraction of sp³-hybridized carbons (Fsp3) is 0.240. The lowest BCUT2D eigenvalue weighted by Crippen LogP contribution is -2.15. The van der Waals surface area contributed by atoms with Crippen molar-refractivity contribution in [1.29, 1.82) is 0 Å². The number of nitrogens with zero attached hydrogens (tertiary/aromatic N) is 1. The lowest BCUT2D eigenvalue weighted by Gasteiger charge is -2.12. The fourth-order valence-electron chi connectivity index (χ4n) is 3.64. The molecule has 0 spiro atoms. The Labute approximate surface area is 181 Å². The van der Waals surface area contributed by atoms with Gasteiger partial charge in [-0.15, -0.1) is 0 Å². The number of esters is 1. The molecule has 0 saturated heterocycles. The molecular weight excluding hydrogens is 392 g/mol. The molecule has 1 N–H and O–H groups in total. The van der Waals surface area contributed by atoms with E-state index in [0.717, 1.165) is 5.56 Å². The number of carbonyl (C=O) groups excluding carboxylic acids is 3. The quantitative estimate of drug-likeness (QED) is 0.442. The van der Waals surface area contributed by atoms with E-state index in [2.05, 4.69) is 5.32 Å². The van der Waals surface area contributed by atoms with Crippen LogP contribution < -0.4 is 5.32 Å². The number of aromatic nitrogens is 1. The van der Waals surface area contributed by atoms with Crippen molar-refractivity contribution in [1.82, 2.24) is 4.57 Å². The highest BCUT2D eigenvalue weighted by Crippen LogP contribution is 2.26. The second kappa shape index (κ2) is 9.43. The molecule has 3 aromatic rings. The smallest absolute Gasteiger partial charge is 0.355 e. The second-order valence-electron chi connectivity index (χ2n) is 7.31. The van der Waals surface area contributed by atoms with Crippen LogP contribution in [-0.2, 0) is 11.3 Å². The average Bonchev–Trinajstić information content (AvgIpc) is 2.99. The number of amides is 1. The predicted molar refractivity (Wildman–Crippen MR) is 120 cm³/mol. The Morgan fingerprint density at radius 3 is 2.19 bits per heavy atom. The van der Waals surface area contributed by atoms with Crippen molar-refractivity contribution < 1.29 is 19.1 Å². The number of rotatable bonds is 7. The van der Waals surface area contributed by atoms with E-state index in [1.54, 1.807) is 38.1 Å². The molecule has 0 fully saturated rings. The Morgan fingerprint density at radius 1 is 0.968 bits per heavy atom. The third-order valence-electron chi connectivity index (χ3n) is 5.20. The first-order valence-corrected chi connectivity index (χ1v) is 10.2. The summed E-state index contributed by atoms with van der Waals surface area (Å²) in [5.74, 6) is -0.812. The van der Waals surface area contributed by atoms with Crippen LogP contribution in [0.1, 0.15) is 61.9 Å². The van der Waals surface area contributed by atoms with E-state index in [9.17, 15) is 14.4 Å².